The van der Waals surface area contributed by atoms with Crippen molar-refractivity contribution in [1.29, 1.82) is 0 Å². The molecule has 0 N–H and O–H groups in total. The summed E-state index contributed by atoms with van der Waals surface area (Å²) in [6.45, 7) is 4.83. The van der Waals surface area contributed by atoms with Gasteiger partial charge in [0.1, 0.15) is 0 Å². The molecule has 1 heteroatoms. The Bertz CT molecular complexity index is 447. The quantitative estimate of drug-likeness (QED) is 0.658. The lowest BCUT2D eigenvalue weighted by Crippen LogP contribution is -2.39. The molecule has 1 nitrogen and oxygen atoms in total. The Hall–Kier alpha value is -1.08. The lowest BCUT2D eigenvalue weighted by Gasteiger charge is -2.36. The summed E-state index contributed by atoms with van der Waals surface area (Å²) < 4.78 is 0. The molecule has 2 atom stereocenters. The van der Waals surface area contributed by atoms with E-state index in [9.17, 15) is 0 Å². The van der Waals surface area contributed by atoms with E-state index in [1.807, 2.05) is 0 Å². The maximum absolute atomic E-state index is 2.49. The van der Waals surface area contributed by atoms with Gasteiger partial charge in [-0.2, -0.15) is 0 Å². The summed E-state index contributed by atoms with van der Waals surface area (Å²) in [6.07, 6.45) is 5.00. The molecule has 0 unspecified atom stereocenters. The molecular weight excluding hydrogens is 206 g/mol. The van der Waals surface area contributed by atoms with Gasteiger partial charge in [-0.05, 0) is 56.3 Å². The summed E-state index contributed by atoms with van der Waals surface area (Å²) >= 11 is 0. The monoisotopic (exact) mass is 227 g/mol. The molecule has 1 aliphatic heterocycles. The van der Waals surface area contributed by atoms with Gasteiger partial charge in [0.2, 0.25) is 0 Å². The van der Waals surface area contributed by atoms with Crippen molar-refractivity contribution in [2.45, 2.75) is 19.8 Å². The van der Waals surface area contributed by atoms with Crippen molar-refractivity contribution in [2.24, 2.45) is 11.8 Å². The maximum Gasteiger partial charge on any atom is 0.00155 e. The van der Waals surface area contributed by atoms with Crippen molar-refractivity contribution in [3.8, 4) is 0 Å². The predicted molar refractivity (Wildman–Crippen MR) is 72.9 cm³/mol. The highest BCUT2D eigenvalue weighted by Crippen LogP contribution is 2.36. The number of benzene rings is 1. The molecule has 0 radical (unpaired) electrons. The molecule has 1 aliphatic carbocycles. The van der Waals surface area contributed by atoms with Gasteiger partial charge < -0.3 is 4.90 Å². The van der Waals surface area contributed by atoms with Crippen LogP contribution in [0.3, 0.4) is 0 Å². The van der Waals surface area contributed by atoms with Crippen molar-refractivity contribution >= 4 is 6.08 Å². The number of piperidine rings is 1. The van der Waals surface area contributed by atoms with Crippen molar-refractivity contribution in [3.05, 3.63) is 41.0 Å². The Balaban J connectivity index is 1.99. The second kappa shape index (κ2) is 4.30. The number of hydrogen-bond donors (Lipinski definition) is 0. The van der Waals surface area contributed by atoms with Crippen LogP contribution in [0.2, 0.25) is 0 Å². The Kier molecular flexibility index (Phi) is 2.79. The number of allylic oxidation sites excluding steroid dienone is 1. The van der Waals surface area contributed by atoms with E-state index in [2.05, 4.69) is 49.2 Å². The van der Waals surface area contributed by atoms with Gasteiger partial charge >= 0.3 is 0 Å². The molecule has 90 valence electrons. The summed E-state index contributed by atoms with van der Waals surface area (Å²) in [5.74, 6) is 1.62. The summed E-state index contributed by atoms with van der Waals surface area (Å²) in [5.41, 5.74) is 4.57. The van der Waals surface area contributed by atoms with Gasteiger partial charge in [0.25, 0.3) is 0 Å². The van der Waals surface area contributed by atoms with Crippen molar-refractivity contribution in [3.63, 3.8) is 0 Å². The first kappa shape index (κ1) is 11.0. The summed E-state index contributed by atoms with van der Waals surface area (Å²) in [5, 5.41) is 0. The molecule has 0 bridgehead atoms. The van der Waals surface area contributed by atoms with Gasteiger partial charge in [-0.3, -0.25) is 0 Å². The van der Waals surface area contributed by atoms with E-state index in [1.54, 1.807) is 5.57 Å². The summed E-state index contributed by atoms with van der Waals surface area (Å²) in [7, 11) is 2.26. The Morgan fingerprint density at radius 2 is 2.06 bits per heavy atom. The van der Waals surface area contributed by atoms with E-state index in [-0.39, 0.29) is 0 Å². The predicted octanol–water partition coefficient (Wildman–Crippen LogP) is 3.21. The molecule has 1 heterocycles. The molecule has 0 spiro atoms. The molecule has 1 aromatic rings. The highest BCUT2D eigenvalue weighted by molar-refractivity contribution is 5.58. The molecule has 1 fully saturated rings. The van der Waals surface area contributed by atoms with Gasteiger partial charge in [-0.15, -0.1) is 0 Å². The second-order valence-electron chi connectivity index (χ2n) is 5.71. The van der Waals surface area contributed by atoms with E-state index in [1.165, 1.54) is 37.1 Å². The largest absolute Gasteiger partial charge is 0.306 e. The average molecular weight is 227 g/mol. The number of nitrogens with zero attached hydrogens (tertiary/aromatic N) is 1. The number of hydrogen-bond acceptors (Lipinski definition) is 1. The first-order chi connectivity index (χ1) is 8.24. The van der Waals surface area contributed by atoms with Crippen LogP contribution in [0.1, 0.15) is 24.5 Å². The third kappa shape index (κ3) is 2.04. The smallest absolute Gasteiger partial charge is 0.00155 e. The summed E-state index contributed by atoms with van der Waals surface area (Å²) in [6, 6.07) is 8.90. The minimum Gasteiger partial charge on any atom is -0.306 e. The fraction of sp³-hybridized carbons (Fsp3) is 0.500. The highest BCUT2D eigenvalue weighted by atomic mass is 15.1. The van der Waals surface area contributed by atoms with Crippen LogP contribution in [0.15, 0.2) is 29.8 Å². The molecule has 3 rings (SSSR count). The lowest BCUT2D eigenvalue weighted by atomic mass is 9.79. The van der Waals surface area contributed by atoms with Gasteiger partial charge in [-0.25, -0.2) is 0 Å². The molecule has 17 heavy (non-hydrogen) atoms. The van der Waals surface area contributed by atoms with Crippen LogP contribution in [-0.4, -0.2) is 25.0 Å². The second-order valence-corrected chi connectivity index (χ2v) is 5.71. The molecule has 1 aromatic carbocycles. The third-order valence-corrected chi connectivity index (χ3v) is 4.44. The van der Waals surface area contributed by atoms with E-state index < -0.39 is 0 Å². The Labute approximate surface area is 104 Å². The SMILES string of the molecule is CC1=Cc2ccccc2C[C@H]2CN(C)CC[C@@H]12. The zero-order valence-electron chi connectivity index (χ0n) is 10.8. The Morgan fingerprint density at radius 1 is 1.24 bits per heavy atom. The van der Waals surface area contributed by atoms with Crippen LogP contribution >= 0.6 is 0 Å². The summed E-state index contributed by atoms with van der Waals surface area (Å²) in [4.78, 5) is 2.49. The molecule has 0 amide bonds. The first-order valence-corrected chi connectivity index (χ1v) is 6.68. The van der Waals surface area contributed by atoms with Crippen molar-refractivity contribution < 1.29 is 0 Å². The lowest BCUT2D eigenvalue weighted by molar-refractivity contribution is 0.164. The minimum atomic E-state index is 0.804. The fourth-order valence-corrected chi connectivity index (χ4v) is 3.52. The van der Waals surface area contributed by atoms with Crippen molar-refractivity contribution in [2.75, 3.05) is 20.1 Å². The molecule has 0 saturated carbocycles. The van der Waals surface area contributed by atoms with E-state index in [0.29, 0.717) is 0 Å². The standard InChI is InChI=1S/C16H21N/c1-12-9-13-5-3-4-6-14(13)10-15-11-17(2)8-7-16(12)15/h3-6,9,15-16H,7-8,10-11H2,1-2H3/t15-,16-/m0/s1. The molecule has 1 saturated heterocycles. The van der Waals surface area contributed by atoms with Crippen LogP contribution < -0.4 is 0 Å². The van der Waals surface area contributed by atoms with E-state index in [0.717, 1.165) is 11.8 Å². The van der Waals surface area contributed by atoms with Gasteiger partial charge in [0.05, 0.1) is 0 Å². The van der Waals surface area contributed by atoms with Gasteiger partial charge in [-0.1, -0.05) is 35.9 Å². The zero-order chi connectivity index (χ0) is 11.8. The normalized spacial score (nSPS) is 28.9. The average Bonchev–Trinajstić information content (AvgIpc) is 2.44. The zero-order valence-corrected chi connectivity index (χ0v) is 10.8. The van der Waals surface area contributed by atoms with Gasteiger partial charge in [0, 0.05) is 6.54 Å². The van der Waals surface area contributed by atoms with E-state index >= 15 is 0 Å². The van der Waals surface area contributed by atoms with Crippen LogP contribution in [0.4, 0.5) is 0 Å². The van der Waals surface area contributed by atoms with Crippen molar-refractivity contribution in [1.82, 2.24) is 4.90 Å². The topological polar surface area (TPSA) is 3.24 Å². The molecule has 2 aliphatic rings. The van der Waals surface area contributed by atoms with Crippen LogP contribution in [-0.2, 0) is 6.42 Å². The number of likely N-dealkylation sites (tertiary alicyclic amines) is 1. The van der Waals surface area contributed by atoms with Crippen LogP contribution in [0.25, 0.3) is 6.08 Å². The van der Waals surface area contributed by atoms with Crippen LogP contribution in [0.5, 0.6) is 0 Å². The number of fused-ring (bicyclic) bond motifs is 2. The van der Waals surface area contributed by atoms with E-state index in [4.69, 9.17) is 0 Å². The minimum absolute atomic E-state index is 0.804. The molecular formula is C16H21N. The third-order valence-electron chi connectivity index (χ3n) is 4.44. The highest BCUT2D eigenvalue weighted by Gasteiger charge is 2.30. The first-order valence-electron chi connectivity index (χ1n) is 6.68. The molecule has 0 aromatic heterocycles. The number of rotatable bonds is 0. The fourth-order valence-electron chi connectivity index (χ4n) is 3.52. The van der Waals surface area contributed by atoms with Crippen LogP contribution in [0, 0.1) is 11.8 Å². The van der Waals surface area contributed by atoms with Gasteiger partial charge in [0.15, 0.2) is 0 Å². The Morgan fingerprint density at radius 3 is 2.94 bits per heavy atom. The maximum atomic E-state index is 2.49.